The summed E-state index contributed by atoms with van der Waals surface area (Å²) in [4.78, 5) is 12.6. The molecule has 120 valence electrons. The molecule has 3 rings (SSSR count). The van der Waals surface area contributed by atoms with Gasteiger partial charge in [0.1, 0.15) is 5.75 Å². The highest BCUT2D eigenvalue weighted by Crippen LogP contribution is 2.32. The number of rotatable bonds is 5. The molecule has 1 amide bonds. The Balaban J connectivity index is 1.85. The van der Waals surface area contributed by atoms with E-state index >= 15 is 0 Å². The fourth-order valence-corrected chi connectivity index (χ4v) is 2.59. The average molecular weight is 351 g/mol. The molecule has 1 saturated heterocycles. The number of nitrogens with one attached hydrogen (secondary N) is 2. The van der Waals surface area contributed by atoms with Gasteiger partial charge in [0.25, 0.3) is 5.91 Å². The molecular formula is C17H16Cl2N2O2. The number of ether oxygens (including phenoxy) is 1. The molecule has 4 nitrogen and oxygen atoms in total. The van der Waals surface area contributed by atoms with Crippen LogP contribution < -0.4 is 15.4 Å². The first kappa shape index (κ1) is 16.1. The quantitative estimate of drug-likeness (QED) is 0.870. The Morgan fingerprint density at radius 1 is 1.17 bits per heavy atom. The zero-order valence-electron chi connectivity index (χ0n) is 12.3. The van der Waals surface area contributed by atoms with Crippen LogP contribution in [0.5, 0.6) is 5.75 Å². The molecule has 0 unspecified atom stereocenters. The SMILES string of the molecule is O=C(NC1CNC1)[C@@H](Oc1cc(Cl)ccc1Cl)c1ccccc1. The van der Waals surface area contributed by atoms with Gasteiger partial charge in [-0.3, -0.25) is 4.79 Å². The first-order valence-electron chi connectivity index (χ1n) is 7.31. The van der Waals surface area contributed by atoms with Crippen molar-refractivity contribution in [2.45, 2.75) is 12.1 Å². The minimum atomic E-state index is -0.784. The van der Waals surface area contributed by atoms with Gasteiger partial charge in [0.15, 0.2) is 0 Å². The Morgan fingerprint density at radius 3 is 2.57 bits per heavy atom. The summed E-state index contributed by atoms with van der Waals surface area (Å²) in [6.45, 7) is 1.54. The predicted octanol–water partition coefficient (Wildman–Crippen LogP) is 3.20. The summed E-state index contributed by atoms with van der Waals surface area (Å²) in [6, 6.07) is 14.4. The molecule has 0 bridgehead atoms. The van der Waals surface area contributed by atoms with Crippen LogP contribution in [-0.4, -0.2) is 25.0 Å². The van der Waals surface area contributed by atoms with Crippen LogP contribution >= 0.6 is 23.2 Å². The van der Waals surface area contributed by atoms with Gasteiger partial charge >= 0.3 is 0 Å². The molecule has 2 aromatic carbocycles. The van der Waals surface area contributed by atoms with E-state index in [-0.39, 0.29) is 11.9 Å². The van der Waals surface area contributed by atoms with Gasteiger partial charge in [0, 0.05) is 29.7 Å². The number of hydrogen-bond acceptors (Lipinski definition) is 3. The maximum absolute atomic E-state index is 12.6. The first-order chi connectivity index (χ1) is 11.1. The molecule has 0 radical (unpaired) electrons. The van der Waals surface area contributed by atoms with Crippen LogP contribution in [-0.2, 0) is 4.79 Å². The van der Waals surface area contributed by atoms with Crippen molar-refractivity contribution in [2.75, 3.05) is 13.1 Å². The number of benzene rings is 2. The number of hydrogen-bond donors (Lipinski definition) is 2. The van der Waals surface area contributed by atoms with Gasteiger partial charge in [-0.1, -0.05) is 53.5 Å². The monoisotopic (exact) mass is 350 g/mol. The number of halogens is 2. The van der Waals surface area contributed by atoms with Gasteiger partial charge in [0.2, 0.25) is 6.10 Å². The van der Waals surface area contributed by atoms with E-state index in [9.17, 15) is 4.79 Å². The van der Waals surface area contributed by atoms with Crippen molar-refractivity contribution >= 4 is 29.1 Å². The fraction of sp³-hybridized carbons (Fsp3) is 0.235. The standard InChI is InChI=1S/C17H16Cl2N2O2/c18-12-6-7-14(19)15(8-12)23-16(11-4-2-1-3-5-11)17(22)21-13-9-20-10-13/h1-8,13,16,20H,9-10H2,(H,21,22)/t16-/m0/s1. The highest BCUT2D eigenvalue weighted by atomic mass is 35.5. The van der Waals surface area contributed by atoms with E-state index in [0.29, 0.717) is 15.8 Å². The Labute approximate surface area is 144 Å². The van der Waals surface area contributed by atoms with Crippen LogP contribution in [0, 0.1) is 0 Å². The largest absolute Gasteiger partial charge is 0.474 e. The summed E-state index contributed by atoms with van der Waals surface area (Å²) in [5.74, 6) is 0.189. The van der Waals surface area contributed by atoms with Crippen molar-refractivity contribution in [3.8, 4) is 5.75 Å². The predicted molar refractivity (Wildman–Crippen MR) is 91.1 cm³/mol. The van der Waals surface area contributed by atoms with E-state index in [1.807, 2.05) is 30.3 Å². The summed E-state index contributed by atoms with van der Waals surface area (Å²) in [5, 5.41) is 6.99. The smallest absolute Gasteiger partial charge is 0.266 e. The topological polar surface area (TPSA) is 50.4 Å². The van der Waals surface area contributed by atoms with Crippen LogP contribution in [0.1, 0.15) is 11.7 Å². The maximum atomic E-state index is 12.6. The summed E-state index contributed by atoms with van der Waals surface area (Å²) in [5.41, 5.74) is 0.758. The van der Waals surface area contributed by atoms with E-state index < -0.39 is 6.10 Å². The molecule has 6 heteroatoms. The number of carbonyl (C=O) groups is 1. The second-order valence-electron chi connectivity index (χ2n) is 5.35. The van der Waals surface area contributed by atoms with E-state index in [4.69, 9.17) is 27.9 Å². The normalized spacial score (nSPS) is 15.6. The molecule has 2 N–H and O–H groups in total. The molecule has 0 spiro atoms. The van der Waals surface area contributed by atoms with Gasteiger partial charge in [-0.25, -0.2) is 0 Å². The van der Waals surface area contributed by atoms with Crippen molar-refractivity contribution in [1.29, 1.82) is 0 Å². The molecule has 0 saturated carbocycles. The van der Waals surface area contributed by atoms with Crippen LogP contribution in [0.3, 0.4) is 0 Å². The Morgan fingerprint density at radius 2 is 1.91 bits per heavy atom. The Hall–Kier alpha value is -1.75. The molecule has 0 aromatic heterocycles. The molecule has 1 heterocycles. The lowest BCUT2D eigenvalue weighted by molar-refractivity contribution is -0.129. The fourth-order valence-electron chi connectivity index (χ4n) is 2.26. The molecule has 1 atom stereocenters. The Kier molecular flexibility index (Phi) is 5.06. The van der Waals surface area contributed by atoms with Crippen LogP contribution in [0.2, 0.25) is 10.0 Å². The zero-order chi connectivity index (χ0) is 16.2. The van der Waals surface area contributed by atoms with Crippen LogP contribution in [0.15, 0.2) is 48.5 Å². The second-order valence-corrected chi connectivity index (χ2v) is 6.19. The Bertz CT molecular complexity index is 690. The molecular weight excluding hydrogens is 335 g/mol. The lowest BCUT2D eigenvalue weighted by atomic mass is 10.1. The minimum Gasteiger partial charge on any atom is -0.474 e. The molecule has 23 heavy (non-hydrogen) atoms. The molecule has 1 aliphatic heterocycles. The minimum absolute atomic E-state index is 0.132. The van der Waals surface area contributed by atoms with Crippen molar-refractivity contribution in [3.05, 3.63) is 64.1 Å². The van der Waals surface area contributed by atoms with Crippen LogP contribution in [0.25, 0.3) is 0 Å². The summed E-state index contributed by atoms with van der Waals surface area (Å²) in [6.07, 6.45) is -0.784. The van der Waals surface area contributed by atoms with E-state index in [0.717, 1.165) is 18.7 Å². The summed E-state index contributed by atoms with van der Waals surface area (Å²) in [7, 11) is 0. The summed E-state index contributed by atoms with van der Waals surface area (Å²) >= 11 is 12.1. The number of amides is 1. The highest BCUT2D eigenvalue weighted by molar-refractivity contribution is 6.34. The zero-order valence-corrected chi connectivity index (χ0v) is 13.8. The summed E-state index contributed by atoms with van der Waals surface area (Å²) < 4.78 is 5.89. The van der Waals surface area contributed by atoms with Crippen molar-refractivity contribution in [2.24, 2.45) is 0 Å². The van der Waals surface area contributed by atoms with E-state index in [2.05, 4.69) is 10.6 Å². The van der Waals surface area contributed by atoms with Crippen molar-refractivity contribution in [1.82, 2.24) is 10.6 Å². The molecule has 1 fully saturated rings. The van der Waals surface area contributed by atoms with E-state index in [1.165, 1.54) is 0 Å². The van der Waals surface area contributed by atoms with Gasteiger partial charge in [-0.2, -0.15) is 0 Å². The van der Waals surface area contributed by atoms with Gasteiger partial charge in [-0.05, 0) is 12.1 Å². The number of carbonyl (C=O) groups excluding carboxylic acids is 1. The highest BCUT2D eigenvalue weighted by Gasteiger charge is 2.27. The third-order valence-corrected chi connectivity index (χ3v) is 4.15. The third kappa shape index (κ3) is 3.96. The van der Waals surface area contributed by atoms with Gasteiger partial charge in [0.05, 0.1) is 11.1 Å². The maximum Gasteiger partial charge on any atom is 0.266 e. The van der Waals surface area contributed by atoms with E-state index in [1.54, 1.807) is 18.2 Å². The van der Waals surface area contributed by atoms with Crippen molar-refractivity contribution < 1.29 is 9.53 Å². The lowest BCUT2D eigenvalue weighted by Crippen LogP contribution is -2.58. The molecule has 2 aromatic rings. The third-order valence-electron chi connectivity index (χ3n) is 3.61. The van der Waals surface area contributed by atoms with Crippen LogP contribution in [0.4, 0.5) is 0 Å². The van der Waals surface area contributed by atoms with Gasteiger partial charge in [-0.15, -0.1) is 0 Å². The lowest BCUT2D eigenvalue weighted by Gasteiger charge is -2.30. The molecule has 1 aliphatic rings. The van der Waals surface area contributed by atoms with Gasteiger partial charge < -0.3 is 15.4 Å². The second kappa shape index (κ2) is 7.21. The molecule has 0 aliphatic carbocycles. The van der Waals surface area contributed by atoms with Crippen molar-refractivity contribution in [3.63, 3.8) is 0 Å². The average Bonchev–Trinajstić information content (AvgIpc) is 2.52. The first-order valence-corrected chi connectivity index (χ1v) is 8.07.